The molecule has 2 aromatic rings. The molecular weight excluding hydrogens is 380 g/mol. The van der Waals surface area contributed by atoms with Crippen LogP contribution in [0.5, 0.6) is 0 Å². The Morgan fingerprint density at radius 3 is 2.32 bits per heavy atom. The van der Waals surface area contributed by atoms with Crippen LogP contribution in [0.2, 0.25) is 5.02 Å². The maximum Gasteiger partial charge on any atom is 0.253 e. The molecule has 1 amide bonds. The van der Waals surface area contributed by atoms with Crippen LogP contribution in [0.1, 0.15) is 29.0 Å². The molecule has 2 fully saturated rings. The second kappa shape index (κ2) is 8.70. The van der Waals surface area contributed by atoms with Crippen molar-refractivity contribution >= 4 is 29.4 Å². The van der Waals surface area contributed by atoms with Crippen molar-refractivity contribution in [3.8, 4) is 0 Å². The van der Waals surface area contributed by atoms with Gasteiger partial charge in [-0.2, -0.15) is 15.0 Å². The first-order chi connectivity index (χ1) is 13.7. The van der Waals surface area contributed by atoms with E-state index in [0.29, 0.717) is 41.5 Å². The van der Waals surface area contributed by atoms with Gasteiger partial charge in [-0.3, -0.25) is 4.79 Å². The van der Waals surface area contributed by atoms with Gasteiger partial charge in [-0.25, -0.2) is 0 Å². The van der Waals surface area contributed by atoms with Gasteiger partial charge in [0.05, 0.1) is 30.3 Å². The molecule has 0 spiro atoms. The van der Waals surface area contributed by atoms with E-state index in [9.17, 15) is 4.79 Å². The minimum Gasteiger partial charge on any atom is -0.378 e. The van der Waals surface area contributed by atoms with Gasteiger partial charge in [-0.05, 0) is 25.0 Å². The average Bonchev–Trinajstić information content (AvgIpc) is 3.28. The number of nitrogens with zero attached hydrogens (tertiary/aromatic N) is 5. The van der Waals surface area contributed by atoms with Gasteiger partial charge in [-0.15, -0.1) is 0 Å². The molecule has 1 aromatic carbocycles. The molecule has 0 aliphatic carbocycles. The van der Waals surface area contributed by atoms with E-state index in [4.69, 9.17) is 16.3 Å². The minimum absolute atomic E-state index is 0.213. The van der Waals surface area contributed by atoms with E-state index in [2.05, 4.69) is 30.1 Å². The Balaban J connectivity index is 1.54. The summed E-state index contributed by atoms with van der Waals surface area (Å²) in [6.45, 7) is 4.90. The molecule has 0 saturated carbocycles. The molecule has 3 heterocycles. The first-order valence-corrected chi connectivity index (χ1v) is 9.94. The Kier molecular flexibility index (Phi) is 5.87. The number of aromatic nitrogens is 3. The summed E-state index contributed by atoms with van der Waals surface area (Å²) in [6, 6.07) is 6.97. The summed E-state index contributed by atoms with van der Waals surface area (Å²) in [4.78, 5) is 30.6. The fourth-order valence-electron chi connectivity index (χ4n) is 3.34. The molecule has 4 rings (SSSR count). The van der Waals surface area contributed by atoms with Crippen molar-refractivity contribution in [1.29, 1.82) is 0 Å². The summed E-state index contributed by atoms with van der Waals surface area (Å²) in [5.41, 5.74) is 0.436. The van der Waals surface area contributed by atoms with Crippen LogP contribution in [0.15, 0.2) is 24.3 Å². The number of hydrogen-bond acceptors (Lipinski definition) is 7. The van der Waals surface area contributed by atoms with Crippen molar-refractivity contribution in [3.05, 3.63) is 40.7 Å². The second-order valence-electron chi connectivity index (χ2n) is 6.81. The number of anilines is 2. The molecule has 2 saturated heterocycles. The number of carbonyl (C=O) groups excluding carboxylic acids is 1. The SMILES string of the molecule is O=C(NCc1nc(N2CCCC2)nc(N2CCOCC2)n1)c1ccccc1Cl. The number of halogens is 1. The lowest BCUT2D eigenvalue weighted by atomic mass is 10.2. The zero-order valence-corrected chi connectivity index (χ0v) is 16.4. The standard InChI is InChI=1S/C19H23ClN6O2/c20-15-6-2-1-5-14(15)17(27)21-13-16-22-18(25-7-3-4-8-25)24-19(23-16)26-9-11-28-12-10-26/h1-2,5-6H,3-4,7-13H2,(H,21,27). The third kappa shape index (κ3) is 4.34. The molecule has 0 radical (unpaired) electrons. The Hall–Kier alpha value is -2.45. The highest BCUT2D eigenvalue weighted by Gasteiger charge is 2.21. The molecule has 0 unspecified atom stereocenters. The van der Waals surface area contributed by atoms with E-state index < -0.39 is 0 Å². The maximum atomic E-state index is 12.5. The van der Waals surface area contributed by atoms with Gasteiger partial charge in [-0.1, -0.05) is 23.7 Å². The van der Waals surface area contributed by atoms with E-state index in [1.165, 1.54) is 0 Å². The van der Waals surface area contributed by atoms with Gasteiger partial charge in [0, 0.05) is 26.2 Å². The third-order valence-electron chi connectivity index (χ3n) is 4.87. The van der Waals surface area contributed by atoms with Gasteiger partial charge in [0.15, 0.2) is 5.82 Å². The van der Waals surface area contributed by atoms with Crippen molar-refractivity contribution in [3.63, 3.8) is 0 Å². The van der Waals surface area contributed by atoms with E-state index in [1.54, 1.807) is 24.3 Å². The van der Waals surface area contributed by atoms with Crippen LogP contribution in [0.4, 0.5) is 11.9 Å². The first-order valence-electron chi connectivity index (χ1n) is 9.56. The monoisotopic (exact) mass is 402 g/mol. The van der Waals surface area contributed by atoms with E-state index in [-0.39, 0.29) is 12.5 Å². The van der Waals surface area contributed by atoms with Crippen molar-refractivity contribution < 1.29 is 9.53 Å². The number of ether oxygens (including phenoxy) is 1. The predicted octanol–water partition coefficient (Wildman–Crippen LogP) is 1.89. The van der Waals surface area contributed by atoms with Crippen molar-refractivity contribution in [1.82, 2.24) is 20.3 Å². The molecular formula is C19H23ClN6O2. The number of benzene rings is 1. The summed E-state index contributed by atoms with van der Waals surface area (Å²) < 4.78 is 5.43. The highest BCUT2D eigenvalue weighted by Crippen LogP contribution is 2.20. The normalized spacial score (nSPS) is 17.0. The molecule has 148 valence electrons. The van der Waals surface area contributed by atoms with Gasteiger partial charge < -0.3 is 19.9 Å². The average molecular weight is 403 g/mol. The molecule has 0 bridgehead atoms. The molecule has 8 nitrogen and oxygen atoms in total. The lowest BCUT2D eigenvalue weighted by Gasteiger charge is -2.28. The fourth-order valence-corrected chi connectivity index (χ4v) is 3.56. The molecule has 28 heavy (non-hydrogen) atoms. The molecule has 0 atom stereocenters. The number of carbonyl (C=O) groups is 1. The van der Waals surface area contributed by atoms with Crippen LogP contribution in [-0.4, -0.2) is 60.3 Å². The van der Waals surface area contributed by atoms with Crippen molar-refractivity contribution in [2.45, 2.75) is 19.4 Å². The molecule has 2 aliphatic rings. The van der Waals surface area contributed by atoms with Gasteiger partial charge in [0.2, 0.25) is 11.9 Å². The van der Waals surface area contributed by atoms with Crippen LogP contribution in [0, 0.1) is 0 Å². The lowest BCUT2D eigenvalue weighted by Crippen LogP contribution is -2.38. The molecule has 9 heteroatoms. The Bertz CT molecular complexity index is 837. The van der Waals surface area contributed by atoms with Crippen molar-refractivity contribution in [2.75, 3.05) is 49.2 Å². The quantitative estimate of drug-likeness (QED) is 0.817. The van der Waals surface area contributed by atoms with E-state index in [1.807, 2.05) is 0 Å². The Morgan fingerprint density at radius 1 is 1.00 bits per heavy atom. The highest BCUT2D eigenvalue weighted by atomic mass is 35.5. The molecule has 2 aliphatic heterocycles. The Morgan fingerprint density at radius 2 is 1.64 bits per heavy atom. The third-order valence-corrected chi connectivity index (χ3v) is 5.20. The number of morpholine rings is 1. The zero-order chi connectivity index (χ0) is 19.3. The number of hydrogen-bond donors (Lipinski definition) is 1. The smallest absolute Gasteiger partial charge is 0.253 e. The number of nitrogens with one attached hydrogen (secondary N) is 1. The first kappa shape index (κ1) is 18.9. The Labute approximate surface area is 168 Å². The molecule has 1 N–H and O–H groups in total. The summed E-state index contributed by atoms with van der Waals surface area (Å²) in [5, 5.41) is 3.29. The van der Waals surface area contributed by atoms with Gasteiger partial charge in [0.1, 0.15) is 0 Å². The van der Waals surface area contributed by atoms with E-state index in [0.717, 1.165) is 39.0 Å². The largest absolute Gasteiger partial charge is 0.378 e. The highest BCUT2D eigenvalue weighted by molar-refractivity contribution is 6.33. The van der Waals surface area contributed by atoms with Crippen LogP contribution in [0.3, 0.4) is 0 Å². The van der Waals surface area contributed by atoms with Crippen LogP contribution >= 0.6 is 11.6 Å². The minimum atomic E-state index is -0.248. The predicted molar refractivity (Wildman–Crippen MR) is 107 cm³/mol. The fraction of sp³-hybridized carbons (Fsp3) is 0.474. The van der Waals surface area contributed by atoms with Gasteiger partial charge in [0.25, 0.3) is 5.91 Å². The zero-order valence-electron chi connectivity index (χ0n) is 15.6. The summed E-state index contributed by atoms with van der Waals surface area (Å²) in [6.07, 6.45) is 2.27. The van der Waals surface area contributed by atoms with Crippen molar-refractivity contribution in [2.24, 2.45) is 0 Å². The number of amides is 1. The van der Waals surface area contributed by atoms with Crippen LogP contribution < -0.4 is 15.1 Å². The summed E-state index contributed by atoms with van der Waals surface area (Å²) in [7, 11) is 0. The summed E-state index contributed by atoms with van der Waals surface area (Å²) in [5.74, 6) is 1.61. The lowest BCUT2D eigenvalue weighted by molar-refractivity contribution is 0.0950. The topological polar surface area (TPSA) is 83.5 Å². The van der Waals surface area contributed by atoms with Crippen LogP contribution in [0.25, 0.3) is 0 Å². The van der Waals surface area contributed by atoms with E-state index >= 15 is 0 Å². The number of rotatable bonds is 5. The van der Waals surface area contributed by atoms with Gasteiger partial charge >= 0.3 is 0 Å². The molecule has 1 aromatic heterocycles. The second-order valence-corrected chi connectivity index (χ2v) is 7.21. The summed E-state index contributed by atoms with van der Waals surface area (Å²) >= 11 is 6.11. The van der Waals surface area contributed by atoms with Crippen LogP contribution in [-0.2, 0) is 11.3 Å². The maximum absolute atomic E-state index is 12.5.